The van der Waals surface area contributed by atoms with Crippen molar-refractivity contribution in [2.75, 3.05) is 19.7 Å². The third kappa shape index (κ3) is 3.74. The molecule has 0 saturated carbocycles. The first-order chi connectivity index (χ1) is 10.5. The molecule has 1 aromatic heterocycles. The van der Waals surface area contributed by atoms with Crippen LogP contribution in [0.25, 0.3) is 0 Å². The van der Waals surface area contributed by atoms with Gasteiger partial charge in [-0.15, -0.1) is 0 Å². The minimum absolute atomic E-state index is 0.0977. The highest BCUT2D eigenvalue weighted by Gasteiger charge is 2.26. The van der Waals surface area contributed by atoms with Crippen molar-refractivity contribution in [3.8, 4) is 0 Å². The van der Waals surface area contributed by atoms with Gasteiger partial charge in [0.1, 0.15) is 4.92 Å². The number of likely N-dealkylation sites (tertiary alicyclic amines) is 1. The summed E-state index contributed by atoms with van der Waals surface area (Å²) in [7, 11) is 0. The fourth-order valence-corrected chi connectivity index (χ4v) is 2.23. The molecule has 2 amide bonds. The number of ether oxygens (including phenoxy) is 1. The minimum Gasteiger partial charge on any atom is -0.450 e. The second-order valence-corrected chi connectivity index (χ2v) is 4.83. The lowest BCUT2D eigenvalue weighted by Crippen LogP contribution is -2.46. The molecule has 1 fully saturated rings. The zero-order valence-corrected chi connectivity index (χ0v) is 12.1. The molecule has 1 saturated heterocycles. The highest BCUT2D eigenvalue weighted by Crippen LogP contribution is 2.17. The summed E-state index contributed by atoms with van der Waals surface area (Å²) in [5.41, 5.74) is 0. The quantitative estimate of drug-likeness (QED) is 0.666. The summed E-state index contributed by atoms with van der Waals surface area (Å²) in [6.45, 7) is 3.05. The topological polar surface area (TPSA) is 115 Å². The first-order valence-electron chi connectivity index (χ1n) is 6.98. The Labute approximate surface area is 126 Å². The van der Waals surface area contributed by atoms with E-state index in [1.807, 2.05) is 0 Å². The Hall–Kier alpha value is -2.58. The average Bonchev–Trinajstić information content (AvgIpc) is 2.98. The van der Waals surface area contributed by atoms with Crippen molar-refractivity contribution in [3.05, 3.63) is 28.0 Å². The van der Waals surface area contributed by atoms with E-state index in [4.69, 9.17) is 9.15 Å². The number of amides is 2. The Morgan fingerprint density at radius 3 is 2.68 bits per heavy atom. The number of nitrogens with zero attached hydrogens (tertiary/aromatic N) is 2. The van der Waals surface area contributed by atoms with Crippen molar-refractivity contribution in [2.45, 2.75) is 25.8 Å². The van der Waals surface area contributed by atoms with Crippen LogP contribution in [0, 0.1) is 10.1 Å². The first-order valence-corrected chi connectivity index (χ1v) is 6.98. The molecule has 9 nitrogen and oxygen atoms in total. The van der Waals surface area contributed by atoms with Crippen molar-refractivity contribution in [1.29, 1.82) is 0 Å². The lowest BCUT2D eigenvalue weighted by Gasteiger charge is -2.31. The minimum atomic E-state index is -0.700. The van der Waals surface area contributed by atoms with E-state index in [0.29, 0.717) is 32.5 Å². The molecule has 120 valence electrons. The number of rotatable bonds is 4. The monoisotopic (exact) mass is 311 g/mol. The van der Waals surface area contributed by atoms with Crippen LogP contribution < -0.4 is 5.32 Å². The van der Waals surface area contributed by atoms with Gasteiger partial charge in [-0.2, -0.15) is 0 Å². The Kier molecular flexibility index (Phi) is 4.97. The maximum atomic E-state index is 11.9. The van der Waals surface area contributed by atoms with E-state index >= 15 is 0 Å². The Morgan fingerprint density at radius 1 is 1.45 bits per heavy atom. The van der Waals surface area contributed by atoms with Gasteiger partial charge in [0.2, 0.25) is 0 Å². The van der Waals surface area contributed by atoms with Crippen LogP contribution in [-0.2, 0) is 4.74 Å². The van der Waals surface area contributed by atoms with Crippen LogP contribution in [0.2, 0.25) is 0 Å². The van der Waals surface area contributed by atoms with Crippen molar-refractivity contribution < 1.29 is 23.7 Å². The Balaban J connectivity index is 1.83. The van der Waals surface area contributed by atoms with Gasteiger partial charge in [-0.3, -0.25) is 14.9 Å². The van der Waals surface area contributed by atoms with Gasteiger partial charge in [-0.1, -0.05) is 0 Å². The number of hydrogen-bond donors (Lipinski definition) is 1. The summed E-state index contributed by atoms with van der Waals surface area (Å²) < 4.78 is 9.76. The number of hydrogen-bond acceptors (Lipinski definition) is 6. The maximum absolute atomic E-state index is 11.9. The molecule has 2 rings (SSSR count). The summed E-state index contributed by atoms with van der Waals surface area (Å²) in [5, 5.41) is 13.3. The molecule has 1 aliphatic heterocycles. The zero-order valence-electron chi connectivity index (χ0n) is 12.1. The van der Waals surface area contributed by atoms with E-state index in [1.165, 1.54) is 6.07 Å². The molecule has 0 radical (unpaired) electrons. The van der Waals surface area contributed by atoms with Crippen molar-refractivity contribution in [1.82, 2.24) is 10.2 Å². The van der Waals surface area contributed by atoms with Crippen LogP contribution in [0.15, 0.2) is 16.5 Å². The van der Waals surface area contributed by atoms with Crippen LogP contribution in [0.4, 0.5) is 10.7 Å². The lowest BCUT2D eigenvalue weighted by molar-refractivity contribution is -0.402. The number of carbonyl (C=O) groups excluding carboxylic acids is 2. The molecule has 0 atom stereocenters. The van der Waals surface area contributed by atoms with Crippen LogP contribution in [0.1, 0.15) is 30.3 Å². The van der Waals surface area contributed by atoms with Gasteiger partial charge in [0.05, 0.1) is 12.7 Å². The Morgan fingerprint density at radius 2 is 2.14 bits per heavy atom. The molecule has 0 unspecified atom stereocenters. The van der Waals surface area contributed by atoms with Gasteiger partial charge in [-0.05, 0) is 25.8 Å². The predicted octanol–water partition coefficient (Wildman–Crippen LogP) is 1.54. The maximum Gasteiger partial charge on any atom is 0.433 e. The lowest BCUT2D eigenvalue weighted by atomic mass is 10.1. The summed E-state index contributed by atoms with van der Waals surface area (Å²) in [4.78, 5) is 34.9. The second-order valence-electron chi connectivity index (χ2n) is 4.83. The van der Waals surface area contributed by atoms with E-state index in [1.54, 1.807) is 11.8 Å². The molecule has 22 heavy (non-hydrogen) atoms. The second kappa shape index (κ2) is 6.92. The van der Waals surface area contributed by atoms with Gasteiger partial charge in [0, 0.05) is 19.1 Å². The van der Waals surface area contributed by atoms with E-state index in [-0.39, 0.29) is 17.9 Å². The molecule has 0 bridgehead atoms. The van der Waals surface area contributed by atoms with E-state index in [0.717, 1.165) is 6.07 Å². The highest BCUT2D eigenvalue weighted by atomic mass is 16.6. The fourth-order valence-electron chi connectivity index (χ4n) is 2.23. The van der Waals surface area contributed by atoms with Crippen LogP contribution >= 0.6 is 0 Å². The predicted molar refractivity (Wildman–Crippen MR) is 74.4 cm³/mol. The SMILES string of the molecule is CCOC(=O)N1CCC(NC(=O)c2ccc([N+](=O)[O-])o2)CC1. The molecule has 0 spiro atoms. The van der Waals surface area contributed by atoms with Gasteiger partial charge >= 0.3 is 12.0 Å². The van der Waals surface area contributed by atoms with Crippen LogP contribution in [-0.4, -0.2) is 47.6 Å². The molecule has 1 aliphatic rings. The number of furan rings is 1. The summed E-state index contributed by atoms with van der Waals surface area (Å²) in [6.07, 6.45) is 0.828. The van der Waals surface area contributed by atoms with Gasteiger partial charge in [0.25, 0.3) is 5.91 Å². The molecule has 2 heterocycles. The molecule has 0 aromatic carbocycles. The summed E-state index contributed by atoms with van der Waals surface area (Å²) >= 11 is 0. The number of carbonyl (C=O) groups is 2. The highest BCUT2D eigenvalue weighted by molar-refractivity contribution is 5.91. The molecule has 1 aromatic rings. The van der Waals surface area contributed by atoms with Crippen molar-refractivity contribution in [3.63, 3.8) is 0 Å². The Bertz CT molecular complexity index is 562. The summed E-state index contributed by atoms with van der Waals surface area (Å²) in [6, 6.07) is 2.29. The van der Waals surface area contributed by atoms with E-state index < -0.39 is 16.7 Å². The average molecular weight is 311 g/mol. The van der Waals surface area contributed by atoms with Crippen molar-refractivity contribution >= 4 is 17.9 Å². The summed E-state index contributed by atoms with van der Waals surface area (Å²) in [5.74, 6) is -1.07. The van der Waals surface area contributed by atoms with E-state index in [9.17, 15) is 19.7 Å². The van der Waals surface area contributed by atoms with E-state index in [2.05, 4.69) is 5.32 Å². The van der Waals surface area contributed by atoms with Crippen LogP contribution in [0.3, 0.4) is 0 Å². The number of nitrogens with one attached hydrogen (secondary N) is 1. The molecule has 1 N–H and O–H groups in total. The number of piperidine rings is 1. The van der Waals surface area contributed by atoms with Crippen molar-refractivity contribution in [2.24, 2.45) is 0 Å². The van der Waals surface area contributed by atoms with Gasteiger partial charge in [-0.25, -0.2) is 4.79 Å². The molecule has 9 heteroatoms. The largest absolute Gasteiger partial charge is 0.450 e. The van der Waals surface area contributed by atoms with Gasteiger partial charge < -0.3 is 19.4 Å². The molecule has 0 aliphatic carbocycles. The first kappa shape index (κ1) is 15.8. The van der Waals surface area contributed by atoms with Crippen LogP contribution in [0.5, 0.6) is 0 Å². The third-order valence-electron chi connectivity index (χ3n) is 3.35. The number of nitro groups is 1. The zero-order chi connectivity index (χ0) is 16.1. The fraction of sp³-hybridized carbons (Fsp3) is 0.538. The smallest absolute Gasteiger partial charge is 0.433 e. The molecular weight excluding hydrogens is 294 g/mol. The van der Waals surface area contributed by atoms with Gasteiger partial charge in [0.15, 0.2) is 5.76 Å². The molecular formula is C13H17N3O6. The standard InChI is InChI=1S/C13H17N3O6/c1-2-21-13(18)15-7-5-9(6-8-15)14-12(17)10-3-4-11(22-10)16(19)20/h3-4,9H,2,5-8H2,1H3,(H,14,17). The normalized spacial score (nSPS) is 15.4. The third-order valence-corrected chi connectivity index (χ3v) is 3.35.